The molecule has 0 heterocycles. The van der Waals surface area contributed by atoms with E-state index < -0.39 is 5.97 Å². The van der Waals surface area contributed by atoms with Crippen molar-refractivity contribution in [2.45, 2.75) is 76.0 Å². The lowest BCUT2D eigenvalue weighted by Gasteiger charge is -2.28. The van der Waals surface area contributed by atoms with E-state index in [9.17, 15) is 15.0 Å². The van der Waals surface area contributed by atoms with Crippen LogP contribution in [0.15, 0.2) is 12.1 Å². The molecule has 2 N–H and O–H groups in total. The summed E-state index contributed by atoms with van der Waals surface area (Å²) in [7, 11) is 0. The Morgan fingerprint density at radius 3 is 1.59 bits per heavy atom. The molecular formula is C19H26O3. The average molecular weight is 302 g/mol. The summed E-state index contributed by atoms with van der Waals surface area (Å²) in [4.78, 5) is 11.5. The summed E-state index contributed by atoms with van der Waals surface area (Å²) >= 11 is 0. The zero-order chi connectivity index (χ0) is 15.5. The van der Waals surface area contributed by atoms with Crippen molar-refractivity contribution in [2.75, 3.05) is 0 Å². The summed E-state index contributed by atoms with van der Waals surface area (Å²) in [6, 6.07) is 3.44. The van der Waals surface area contributed by atoms with Gasteiger partial charge in [-0.1, -0.05) is 38.5 Å². The Kier molecular flexibility index (Phi) is 4.70. The highest BCUT2D eigenvalue weighted by molar-refractivity contribution is 5.88. The fourth-order valence-electron chi connectivity index (χ4n) is 4.25. The zero-order valence-corrected chi connectivity index (χ0v) is 13.2. The second kappa shape index (κ2) is 6.72. The van der Waals surface area contributed by atoms with E-state index in [-0.39, 0.29) is 0 Å². The second-order valence-corrected chi connectivity index (χ2v) is 6.98. The van der Waals surface area contributed by atoms with Crippen LogP contribution in [0.3, 0.4) is 0 Å². The number of aromatic hydroxyl groups is 1. The van der Waals surface area contributed by atoms with Gasteiger partial charge in [0, 0.05) is 0 Å². The monoisotopic (exact) mass is 302 g/mol. The van der Waals surface area contributed by atoms with E-state index >= 15 is 0 Å². The Balaban J connectivity index is 2.00. The zero-order valence-electron chi connectivity index (χ0n) is 13.2. The Morgan fingerprint density at radius 2 is 1.23 bits per heavy atom. The minimum Gasteiger partial charge on any atom is -0.507 e. The van der Waals surface area contributed by atoms with E-state index in [1.54, 1.807) is 12.1 Å². The topological polar surface area (TPSA) is 57.5 Å². The molecule has 2 aliphatic carbocycles. The summed E-state index contributed by atoms with van der Waals surface area (Å²) in [6.07, 6.45) is 11.5. The smallest absolute Gasteiger partial charge is 0.335 e. The molecular weight excluding hydrogens is 276 g/mol. The van der Waals surface area contributed by atoms with Gasteiger partial charge in [0.2, 0.25) is 0 Å². The predicted octanol–water partition coefficient (Wildman–Crippen LogP) is 5.19. The number of rotatable bonds is 3. The molecule has 0 unspecified atom stereocenters. The Hall–Kier alpha value is -1.51. The number of phenols is 1. The number of phenolic OH excluding ortho intramolecular Hbond substituents is 1. The summed E-state index contributed by atoms with van der Waals surface area (Å²) in [5.41, 5.74) is 2.12. The number of aromatic carboxylic acids is 1. The lowest BCUT2D eigenvalue weighted by molar-refractivity contribution is 0.0696. The predicted molar refractivity (Wildman–Crippen MR) is 86.7 cm³/mol. The van der Waals surface area contributed by atoms with Crippen LogP contribution in [0.25, 0.3) is 0 Å². The SMILES string of the molecule is O=C(O)c1cc(C2CCCCC2)c(O)c(C2CCCCC2)c1. The summed E-state index contributed by atoms with van der Waals surface area (Å²) in [6.45, 7) is 0. The van der Waals surface area contributed by atoms with Crippen LogP contribution in [0.1, 0.15) is 97.5 Å². The van der Waals surface area contributed by atoms with Gasteiger partial charge in [-0.05, 0) is 60.8 Å². The lowest BCUT2D eigenvalue weighted by Crippen LogP contribution is -2.11. The molecule has 2 saturated carbocycles. The fraction of sp³-hybridized carbons (Fsp3) is 0.632. The van der Waals surface area contributed by atoms with Gasteiger partial charge in [0.25, 0.3) is 0 Å². The van der Waals surface area contributed by atoms with Crippen molar-refractivity contribution in [3.63, 3.8) is 0 Å². The first kappa shape index (κ1) is 15.4. The molecule has 0 amide bonds. The number of carboxylic acid groups (broad SMARTS) is 1. The first-order valence-electron chi connectivity index (χ1n) is 8.77. The third-order valence-electron chi connectivity index (χ3n) is 5.51. The molecule has 0 spiro atoms. The molecule has 1 aromatic rings. The third-order valence-corrected chi connectivity index (χ3v) is 5.51. The molecule has 0 bridgehead atoms. The van der Waals surface area contributed by atoms with Crippen molar-refractivity contribution in [2.24, 2.45) is 0 Å². The quantitative estimate of drug-likeness (QED) is 0.808. The van der Waals surface area contributed by atoms with Gasteiger partial charge < -0.3 is 10.2 Å². The lowest BCUT2D eigenvalue weighted by atomic mass is 9.78. The molecule has 2 aliphatic rings. The summed E-state index contributed by atoms with van der Waals surface area (Å²) in [5, 5.41) is 20.2. The molecule has 3 nitrogen and oxygen atoms in total. The molecule has 22 heavy (non-hydrogen) atoms. The minimum absolute atomic E-state index is 0.329. The van der Waals surface area contributed by atoms with Crippen LogP contribution in [0.5, 0.6) is 5.75 Å². The van der Waals surface area contributed by atoms with Gasteiger partial charge in [-0.3, -0.25) is 0 Å². The Morgan fingerprint density at radius 1 is 0.818 bits per heavy atom. The summed E-state index contributed by atoms with van der Waals surface area (Å²) in [5.74, 6) is 0.170. The van der Waals surface area contributed by atoms with E-state index in [4.69, 9.17) is 0 Å². The molecule has 120 valence electrons. The van der Waals surface area contributed by atoms with Crippen LogP contribution in [0.4, 0.5) is 0 Å². The van der Waals surface area contributed by atoms with Gasteiger partial charge in [0.05, 0.1) is 5.56 Å². The fourth-order valence-corrected chi connectivity index (χ4v) is 4.25. The molecule has 0 saturated heterocycles. The number of hydrogen-bond acceptors (Lipinski definition) is 2. The maximum atomic E-state index is 11.5. The number of benzene rings is 1. The van der Waals surface area contributed by atoms with Crippen LogP contribution >= 0.6 is 0 Å². The Bertz CT molecular complexity index is 499. The molecule has 0 aromatic heterocycles. The maximum Gasteiger partial charge on any atom is 0.335 e. The van der Waals surface area contributed by atoms with E-state index in [1.165, 1.54) is 38.5 Å². The molecule has 0 radical (unpaired) electrons. The van der Waals surface area contributed by atoms with Gasteiger partial charge in [0.1, 0.15) is 5.75 Å². The largest absolute Gasteiger partial charge is 0.507 e. The third kappa shape index (κ3) is 3.13. The molecule has 0 atom stereocenters. The average Bonchev–Trinajstić information content (AvgIpc) is 2.56. The molecule has 3 rings (SSSR count). The van der Waals surface area contributed by atoms with Crippen molar-refractivity contribution in [3.05, 3.63) is 28.8 Å². The second-order valence-electron chi connectivity index (χ2n) is 6.98. The van der Waals surface area contributed by atoms with Gasteiger partial charge >= 0.3 is 5.97 Å². The molecule has 3 heteroatoms. The highest BCUT2D eigenvalue weighted by Gasteiger charge is 2.26. The van der Waals surface area contributed by atoms with Crippen LogP contribution in [0.2, 0.25) is 0 Å². The highest BCUT2D eigenvalue weighted by atomic mass is 16.4. The molecule has 2 fully saturated rings. The van der Waals surface area contributed by atoms with Crippen molar-refractivity contribution in [1.82, 2.24) is 0 Å². The van der Waals surface area contributed by atoms with Gasteiger partial charge in [-0.25, -0.2) is 4.79 Å². The van der Waals surface area contributed by atoms with Crippen LogP contribution in [-0.4, -0.2) is 16.2 Å². The standard InChI is InChI=1S/C19H26O3/c20-18-16(13-7-3-1-4-8-13)11-15(19(21)22)12-17(18)14-9-5-2-6-10-14/h11-14,20H,1-10H2,(H,21,22). The van der Waals surface area contributed by atoms with E-state index in [0.29, 0.717) is 23.1 Å². The molecule has 0 aliphatic heterocycles. The van der Waals surface area contributed by atoms with E-state index in [0.717, 1.165) is 36.8 Å². The van der Waals surface area contributed by atoms with Gasteiger partial charge in [-0.2, -0.15) is 0 Å². The number of hydrogen-bond donors (Lipinski definition) is 2. The first-order chi connectivity index (χ1) is 10.7. The van der Waals surface area contributed by atoms with E-state index in [1.807, 2.05) is 0 Å². The van der Waals surface area contributed by atoms with Crippen molar-refractivity contribution < 1.29 is 15.0 Å². The normalized spacial score (nSPS) is 20.9. The number of carboxylic acids is 1. The number of carbonyl (C=O) groups is 1. The van der Waals surface area contributed by atoms with Crippen LogP contribution in [-0.2, 0) is 0 Å². The highest BCUT2D eigenvalue weighted by Crippen LogP contribution is 2.44. The molecule has 1 aromatic carbocycles. The van der Waals surface area contributed by atoms with Crippen LogP contribution in [0, 0.1) is 0 Å². The minimum atomic E-state index is -0.880. The van der Waals surface area contributed by atoms with Crippen molar-refractivity contribution >= 4 is 5.97 Å². The van der Waals surface area contributed by atoms with E-state index in [2.05, 4.69) is 0 Å². The maximum absolute atomic E-state index is 11.5. The van der Waals surface area contributed by atoms with Crippen molar-refractivity contribution in [1.29, 1.82) is 0 Å². The summed E-state index contributed by atoms with van der Waals surface area (Å²) < 4.78 is 0. The first-order valence-corrected chi connectivity index (χ1v) is 8.77. The van der Waals surface area contributed by atoms with Crippen LogP contribution < -0.4 is 0 Å². The Labute approximate surface area is 132 Å². The van der Waals surface area contributed by atoms with Gasteiger partial charge in [-0.15, -0.1) is 0 Å². The van der Waals surface area contributed by atoms with Crippen molar-refractivity contribution in [3.8, 4) is 5.75 Å². The van der Waals surface area contributed by atoms with Gasteiger partial charge in [0.15, 0.2) is 0 Å².